The van der Waals surface area contributed by atoms with Gasteiger partial charge in [0.25, 0.3) is 0 Å². The van der Waals surface area contributed by atoms with E-state index in [0.29, 0.717) is 5.69 Å². The van der Waals surface area contributed by atoms with Crippen LogP contribution in [-0.4, -0.2) is 30.1 Å². The van der Waals surface area contributed by atoms with E-state index in [2.05, 4.69) is 16.0 Å². The normalized spacial score (nSPS) is 21.5. The molecule has 1 unspecified atom stereocenters. The van der Waals surface area contributed by atoms with Crippen LogP contribution in [0.3, 0.4) is 0 Å². The van der Waals surface area contributed by atoms with Crippen LogP contribution in [0.25, 0.3) is 0 Å². The van der Waals surface area contributed by atoms with Crippen molar-refractivity contribution in [1.82, 2.24) is 10.6 Å². The average molecular weight is 341 g/mol. The molecule has 1 aromatic carbocycles. The second-order valence-corrected chi connectivity index (χ2v) is 5.81. The highest BCUT2D eigenvalue weighted by molar-refractivity contribution is 5.93. The molecule has 0 aromatic heterocycles. The van der Waals surface area contributed by atoms with Crippen molar-refractivity contribution in [2.45, 2.75) is 50.7 Å². The standard InChI is InChI=1S/C16H24N4O2.ClH/c1-11(15(21)19-14-9-7-12(17)8-10-14)18-16(22)20-13-5-3-2-4-6-13;/h2-6,11-12,14H,7-10,17H2,1H3,(H,19,21)(H2,18,20,22);1H. The van der Waals surface area contributed by atoms with E-state index in [9.17, 15) is 9.59 Å². The van der Waals surface area contributed by atoms with Gasteiger partial charge in [0.1, 0.15) is 6.04 Å². The van der Waals surface area contributed by atoms with Gasteiger partial charge in [0.15, 0.2) is 0 Å². The van der Waals surface area contributed by atoms with Crippen molar-refractivity contribution in [2.24, 2.45) is 5.73 Å². The number of urea groups is 1. The van der Waals surface area contributed by atoms with Gasteiger partial charge in [-0.2, -0.15) is 0 Å². The Kier molecular flexibility index (Phi) is 7.85. The number of rotatable bonds is 4. The van der Waals surface area contributed by atoms with E-state index in [1.165, 1.54) is 0 Å². The van der Waals surface area contributed by atoms with Crippen molar-refractivity contribution in [3.8, 4) is 0 Å². The Morgan fingerprint density at radius 2 is 1.74 bits per heavy atom. The summed E-state index contributed by atoms with van der Waals surface area (Å²) < 4.78 is 0. The van der Waals surface area contributed by atoms with Gasteiger partial charge in [0.05, 0.1) is 0 Å². The Morgan fingerprint density at radius 1 is 1.13 bits per heavy atom. The van der Waals surface area contributed by atoms with Crippen LogP contribution in [-0.2, 0) is 4.79 Å². The van der Waals surface area contributed by atoms with Gasteiger partial charge < -0.3 is 21.7 Å². The number of amides is 3. The Balaban J connectivity index is 0.00000264. The number of benzene rings is 1. The molecule has 1 saturated carbocycles. The van der Waals surface area contributed by atoms with Crippen molar-refractivity contribution in [3.63, 3.8) is 0 Å². The highest BCUT2D eigenvalue weighted by Gasteiger charge is 2.23. The minimum absolute atomic E-state index is 0. The highest BCUT2D eigenvalue weighted by Crippen LogP contribution is 2.16. The maximum atomic E-state index is 12.1. The first-order chi connectivity index (χ1) is 10.5. The van der Waals surface area contributed by atoms with Gasteiger partial charge in [-0.05, 0) is 44.7 Å². The summed E-state index contributed by atoms with van der Waals surface area (Å²) in [5.74, 6) is -0.163. The molecule has 23 heavy (non-hydrogen) atoms. The topological polar surface area (TPSA) is 96.2 Å². The summed E-state index contributed by atoms with van der Waals surface area (Å²) in [6.07, 6.45) is 3.66. The number of hydrogen-bond donors (Lipinski definition) is 4. The molecule has 7 heteroatoms. The summed E-state index contributed by atoms with van der Waals surface area (Å²) >= 11 is 0. The molecule has 0 bridgehead atoms. The quantitative estimate of drug-likeness (QED) is 0.675. The molecule has 3 amide bonds. The molecule has 0 saturated heterocycles. The van der Waals surface area contributed by atoms with E-state index in [1.807, 2.05) is 18.2 Å². The lowest BCUT2D eigenvalue weighted by Crippen LogP contribution is -2.50. The Labute approximate surface area is 143 Å². The molecule has 1 aliphatic carbocycles. The number of para-hydroxylation sites is 1. The molecule has 1 aliphatic rings. The van der Waals surface area contributed by atoms with Crippen molar-refractivity contribution in [3.05, 3.63) is 30.3 Å². The maximum absolute atomic E-state index is 12.1. The molecule has 0 heterocycles. The van der Waals surface area contributed by atoms with Crippen molar-refractivity contribution >= 4 is 30.0 Å². The summed E-state index contributed by atoms with van der Waals surface area (Å²) in [6, 6.07) is 8.55. The number of nitrogens with one attached hydrogen (secondary N) is 3. The first-order valence-corrected chi connectivity index (χ1v) is 7.73. The predicted molar refractivity (Wildman–Crippen MR) is 93.7 cm³/mol. The molecule has 0 aliphatic heterocycles. The molecular weight excluding hydrogens is 316 g/mol. The van der Waals surface area contributed by atoms with Gasteiger partial charge in [-0.25, -0.2) is 4.79 Å². The lowest BCUT2D eigenvalue weighted by molar-refractivity contribution is -0.123. The van der Waals surface area contributed by atoms with Crippen molar-refractivity contribution < 1.29 is 9.59 Å². The largest absolute Gasteiger partial charge is 0.352 e. The third kappa shape index (κ3) is 6.46. The van der Waals surface area contributed by atoms with E-state index < -0.39 is 6.04 Å². The molecule has 5 N–H and O–H groups in total. The number of nitrogens with two attached hydrogens (primary N) is 1. The predicted octanol–water partition coefficient (Wildman–Crippen LogP) is 2.00. The van der Waals surface area contributed by atoms with E-state index in [1.54, 1.807) is 19.1 Å². The van der Waals surface area contributed by atoms with Gasteiger partial charge in [-0.3, -0.25) is 4.79 Å². The second-order valence-electron chi connectivity index (χ2n) is 5.81. The highest BCUT2D eigenvalue weighted by atomic mass is 35.5. The SMILES string of the molecule is CC(NC(=O)Nc1ccccc1)C(=O)NC1CCC(N)CC1.Cl. The number of carbonyl (C=O) groups is 2. The summed E-state index contributed by atoms with van der Waals surface area (Å²) in [5, 5.41) is 8.30. The molecule has 128 valence electrons. The molecule has 1 fully saturated rings. The third-order valence-corrected chi connectivity index (χ3v) is 3.89. The van der Waals surface area contributed by atoms with Crippen LogP contribution < -0.4 is 21.7 Å². The van der Waals surface area contributed by atoms with Crippen LogP contribution in [0.2, 0.25) is 0 Å². The van der Waals surface area contributed by atoms with Crippen molar-refractivity contribution in [1.29, 1.82) is 0 Å². The molecule has 2 rings (SSSR count). The van der Waals surface area contributed by atoms with E-state index in [4.69, 9.17) is 5.73 Å². The van der Waals surface area contributed by atoms with Crippen LogP contribution >= 0.6 is 12.4 Å². The molecule has 0 spiro atoms. The van der Waals surface area contributed by atoms with Crippen LogP contribution in [0.4, 0.5) is 10.5 Å². The summed E-state index contributed by atoms with van der Waals surface area (Å²) in [6.45, 7) is 1.68. The number of carbonyl (C=O) groups excluding carboxylic acids is 2. The minimum atomic E-state index is -0.584. The molecular formula is C16H25ClN4O2. The van der Waals surface area contributed by atoms with E-state index in [0.717, 1.165) is 25.7 Å². The van der Waals surface area contributed by atoms with Gasteiger partial charge in [-0.15, -0.1) is 12.4 Å². The first kappa shape index (κ1) is 19.3. The summed E-state index contributed by atoms with van der Waals surface area (Å²) in [7, 11) is 0. The Bertz CT molecular complexity index is 504. The fourth-order valence-electron chi connectivity index (χ4n) is 2.54. The molecule has 1 atom stereocenters. The van der Waals surface area contributed by atoms with Gasteiger partial charge in [0.2, 0.25) is 5.91 Å². The third-order valence-electron chi connectivity index (χ3n) is 3.89. The van der Waals surface area contributed by atoms with Crippen LogP contribution in [0.5, 0.6) is 0 Å². The zero-order valence-corrected chi connectivity index (χ0v) is 14.1. The maximum Gasteiger partial charge on any atom is 0.319 e. The minimum Gasteiger partial charge on any atom is -0.352 e. The fourth-order valence-corrected chi connectivity index (χ4v) is 2.54. The number of halogens is 1. The zero-order valence-electron chi connectivity index (χ0n) is 13.2. The van der Waals surface area contributed by atoms with E-state index >= 15 is 0 Å². The van der Waals surface area contributed by atoms with Crippen LogP contribution in [0.15, 0.2) is 30.3 Å². The lowest BCUT2D eigenvalue weighted by Gasteiger charge is -2.28. The summed E-state index contributed by atoms with van der Waals surface area (Å²) in [4.78, 5) is 23.9. The van der Waals surface area contributed by atoms with Gasteiger partial charge in [-0.1, -0.05) is 18.2 Å². The van der Waals surface area contributed by atoms with Crippen LogP contribution in [0.1, 0.15) is 32.6 Å². The monoisotopic (exact) mass is 340 g/mol. The lowest BCUT2D eigenvalue weighted by atomic mass is 9.92. The first-order valence-electron chi connectivity index (χ1n) is 7.73. The zero-order chi connectivity index (χ0) is 15.9. The molecule has 1 aromatic rings. The fraction of sp³-hybridized carbons (Fsp3) is 0.500. The van der Waals surface area contributed by atoms with Crippen molar-refractivity contribution in [2.75, 3.05) is 5.32 Å². The average Bonchev–Trinajstić information content (AvgIpc) is 2.50. The number of anilines is 1. The smallest absolute Gasteiger partial charge is 0.319 e. The summed E-state index contributed by atoms with van der Waals surface area (Å²) in [5.41, 5.74) is 6.54. The Hall–Kier alpha value is -1.79. The Morgan fingerprint density at radius 3 is 2.35 bits per heavy atom. The van der Waals surface area contributed by atoms with Crippen LogP contribution in [0, 0.1) is 0 Å². The molecule has 6 nitrogen and oxygen atoms in total. The molecule has 0 radical (unpaired) electrons. The van der Waals surface area contributed by atoms with Gasteiger partial charge >= 0.3 is 6.03 Å². The second kappa shape index (κ2) is 9.37. The number of hydrogen-bond acceptors (Lipinski definition) is 3. The van der Waals surface area contributed by atoms with E-state index in [-0.39, 0.29) is 36.4 Å². The van der Waals surface area contributed by atoms with Gasteiger partial charge in [0, 0.05) is 17.8 Å².